The maximum atomic E-state index is 14.1. The Kier molecular flexibility index (Phi) is 5.73. The van der Waals surface area contributed by atoms with Gasteiger partial charge in [0.25, 0.3) is 11.8 Å². The first kappa shape index (κ1) is 19.6. The molecule has 3 heterocycles. The summed E-state index contributed by atoms with van der Waals surface area (Å²) >= 11 is 0. The SMILES string of the molecule is O=C(NCc1ccccc1)c1cn(C[C@@H]2C[C@H](F)CN2C(=O)c2ccncn2)nn1. The average Bonchev–Trinajstić information content (AvgIpc) is 3.39. The Morgan fingerprint density at radius 1 is 1.17 bits per heavy atom. The minimum atomic E-state index is -1.13. The molecule has 0 aliphatic carbocycles. The molecule has 0 unspecified atom stereocenters. The number of carbonyl (C=O) groups excluding carboxylic acids is 2. The summed E-state index contributed by atoms with van der Waals surface area (Å²) in [6, 6.07) is 10.6. The lowest BCUT2D eigenvalue weighted by molar-refractivity contribution is 0.0708. The van der Waals surface area contributed by atoms with Crippen molar-refractivity contribution in [2.75, 3.05) is 6.54 Å². The van der Waals surface area contributed by atoms with Crippen molar-refractivity contribution in [1.29, 1.82) is 0 Å². The second-order valence-electron chi connectivity index (χ2n) is 7.03. The van der Waals surface area contributed by atoms with Gasteiger partial charge >= 0.3 is 0 Å². The summed E-state index contributed by atoms with van der Waals surface area (Å²) in [5.74, 6) is -0.711. The van der Waals surface area contributed by atoms with Gasteiger partial charge in [0, 0.05) is 19.2 Å². The zero-order valence-corrected chi connectivity index (χ0v) is 16.1. The van der Waals surface area contributed by atoms with Crippen LogP contribution < -0.4 is 5.32 Å². The van der Waals surface area contributed by atoms with Gasteiger partial charge in [-0.25, -0.2) is 19.0 Å². The number of amides is 2. The van der Waals surface area contributed by atoms with Gasteiger partial charge in [-0.3, -0.25) is 9.59 Å². The molecule has 2 amide bonds. The van der Waals surface area contributed by atoms with Gasteiger partial charge < -0.3 is 10.2 Å². The van der Waals surface area contributed by atoms with Gasteiger partial charge in [-0.15, -0.1) is 5.10 Å². The number of likely N-dealkylation sites (tertiary alicyclic amines) is 1. The Morgan fingerprint density at radius 3 is 2.77 bits per heavy atom. The number of halogens is 1. The van der Waals surface area contributed by atoms with Crippen molar-refractivity contribution in [1.82, 2.24) is 35.2 Å². The van der Waals surface area contributed by atoms with Gasteiger partial charge in [-0.05, 0) is 11.6 Å². The lowest BCUT2D eigenvalue weighted by Crippen LogP contribution is -2.38. The molecule has 3 aromatic rings. The van der Waals surface area contributed by atoms with Crippen molar-refractivity contribution in [3.8, 4) is 0 Å². The highest BCUT2D eigenvalue weighted by Gasteiger charge is 2.36. The van der Waals surface area contributed by atoms with Crippen molar-refractivity contribution in [3.05, 3.63) is 72.1 Å². The first-order valence-electron chi connectivity index (χ1n) is 9.53. The third-order valence-electron chi connectivity index (χ3n) is 4.89. The predicted molar refractivity (Wildman–Crippen MR) is 104 cm³/mol. The molecular formula is C20H20FN7O2. The number of benzene rings is 1. The number of carbonyl (C=O) groups is 2. The molecule has 1 fully saturated rings. The van der Waals surface area contributed by atoms with E-state index in [1.807, 2.05) is 30.3 Å². The summed E-state index contributed by atoms with van der Waals surface area (Å²) in [6.45, 7) is 0.600. The highest BCUT2D eigenvalue weighted by molar-refractivity contribution is 5.92. The van der Waals surface area contributed by atoms with Crippen LogP contribution in [0, 0.1) is 0 Å². The second-order valence-corrected chi connectivity index (χ2v) is 7.03. The lowest BCUT2D eigenvalue weighted by Gasteiger charge is -2.23. The van der Waals surface area contributed by atoms with E-state index >= 15 is 0 Å². The van der Waals surface area contributed by atoms with E-state index in [4.69, 9.17) is 0 Å². The third-order valence-corrected chi connectivity index (χ3v) is 4.89. The first-order valence-corrected chi connectivity index (χ1v) is 9.53. The Bertz CT molecular complexity index is 1010. The van der Waals surface area contributed by atoms with E-state index in [2.05, 4.69) is 25.6 Å². The standard InChI is InChI=1S/C20H20FN7O2/c21-15-8-16(28(10-15)20(30)17-6-7-22-13-24-17)11-27-12-18(25-26-27)19(29)23-9-14-4-2-1-3-5-14/h1-7,12-13,15-16H,8-11H2,(H,23,29)/t15-,16-/m0/s1. The van der Waals surface area contributed by atoms with Crippen LogP contribution in [0.2, 0.25) is 0 Å². The molecule has 10 heteroatoms. The summed E-state index contributed by atoms with van der Waals surface area (Å²) in [4.78, 5) is 34.2. The summed E-state index contributed by atoms with van der Waals surface area (Å²) < 4.78 is 15.5. The van der Waals surface area contributed by atoms with Crippen LogP contribution in [0.5, 0.6) is 0 Å². The molecule has 1 saturated heterocycles. The van der Waals surface area contributed by atoms with Crippen LogP contribution in [0.15, 0.2) is 55.1 Å². The Morgan fingerprint density at radius 2 is 2.00 bits per heavy atom. The minimum Gasteiger partial charge on any atom is -0.347 e. The van der Waals surface area contributed by atoms with Crippen molar-refractivity contribution in [2.24, 2.45) is 0 Å². The van der Waals surface area contributed by atoms with Gasteiger partial charge in [-0.2, -0.15) is 0 Å². The number of nitrogens with one attached hydrogen (secondary N) is 1. The van der Waals surface area contributed by atoms with Gasteiger partial charge in [-0.1, -0.05) is 35.5 Å². The molecule has 9 nitrogen and oxygen atoms in total. The largest absolute Gasteiger partial charge is 0.347 e. The normalized spacial score (nSPS) is 18.4. The van der Waals surface area contributed by atoms with Crippen LogP contribution in [0.3, 0.4) is 0 Å². The monoisotopic (exact) mass is 409 g/mol. The van der Waals surface area contributed by atoms with E-state index in [1.54, 1.807) is 0 Å². The molecule has 154 valence electrons. The molecule has 1 aliphatic rings. The zero-order chi connectivity index (χ0) is 20.9. The topological polar surface area (TPSA) is 106 Å². The highest BCUT2D eigenvalue weighted by Crippen LogP contribution is 2.23. The zero-order valence-electron chi connectivity index (χ0n) is 16.1. The van der Waals surface area contributed by atoms with E-state index in [0.29, 0.717) is 6.54 Å². The van der Waals surface area contributed by atoms with Crippen LogP contribution in [0.25, 0.3) is 0 Å². The number of nitrogens with zero attached hydrogens (tertiary/aromatic N) is 6. The Labute approximate surface area is 171 Å². The highest BCUT2D eigenvalue weighted by atomic mass is 19.1. The van der Waals surface area contributed by atoms with E-state index in [-0.39, 0.29) is 42.7 Å². The van der Waals surface area contributed by atoms with E-state index in [0.717, 1.165) is 5.56 Å². The van der Waals surface area contributed by atoms with Crippen molar-refractivity contribution < 1.29 is 14.0 Å². The maximum Gasteiger partial charge on any atom is 0.273 e. The van der Waals surface area contributed by atoms with Crippen molar-refractivity contribution in [3.63, 3.8) is 0 Å². The van der Waals surface area contributed by atoms with Gasteiger partial charge in [0.2, 0.25) is 0 Å². The molecule has 1 aliphatic heterocycles. The molecule has 4 rings (SSSR count). The minimum absolute atomic E-state index is 0.00732. The Balaban J connectivity index is 1.39. The molecular weight excluding hydrogens is 389 g/mol. The van der Waals surface area contributed by atoms with Crippen LogP contribution in [-0.2, 0) is 13.1 Å². The fraction of sp³-hybridized carbons (Fsp3) is 0.300. The molecule has 0 saturated carbocycles. The number of aromatic nitrogens is 5. The maximum absolute atomic E-state index is 14.1. The molecule has 1 N–H and O–H groups in total. The summed E-state index contributed by atoms with van der Waals surface area (Å²) in [5.41, 5.74) is 1.34. The third kappa shape index (κ3) is 4.48. The molecule has 0 bridgehead atoms. The first-order chi connectivity index (χ1) is 14.6. The quantitative estimate of drug-likeness (QED) is 0.657. The average molecular weight is 409 g/mol. The molecule has 1 aromatic carbocycles. The summed E-state index contributed by atoms with van der Waals surface area (Å²) in [6.07, 6.45) is 3.31. The van der Waals surface area contributed by atoms with Crippen LogP contribution in [0.1, 0.15) is 33.0 Å². The van der Waals surface area contributed by atoms with E-state index < -0.39 is 12.2 Å². The molecule has 2 atom stereocenters. The number of rotatable bonds is 6. The Hall–Kier alpha value is -3.69. The van der Waals surface area contributed by atoms with Gasteiger partial charge in [0.15, 0.2) is 5.69 Å². The van der Waals surface area contributed by atoms with Gasteiger partial charge in [0.1, 0.15) is 18.2 Å². The molecule has 0 radical (unpaired) electrons. The molecule has 30 heavy (non-hydrogen) atoms. The number of hydrogen-bond donors (Lipinski definition) is 1. The van der Waals surface area contributed by atoms with E-state index in [1.165, 1.54) is 34.4 Å². The number of alkyl halides is 1. The van der Waals surface area contributed by atoms with Crippen LogP contribution in [0.4, 0.5) is 4.39 Å². The van der Waals surface area contributed by atoms with Crippen molar-refractivity contribution >= 4 is 11.8 Å². The predicted octanol–water partition coefficient (Wildman–Crippen LogP) is 1.25. The van der Waals surface area contributed by atoms with Crippen molar-refractivity contribution in [2.45, 2.75) is 31.7 Å². The molecule has 2 aromatic heterocycles. The lowest BCUT2D eigenvalue weighted by atomic mass is 10.2. The second kappa shape index (κ2) is 8.76. The molecule has 0 spiro atoms. The number of hydrogen-bond acceptors (Lipinski definition) is 6. The van der Waals surface area contributed by atoms with Crippen LogP contribution >= 0.6 is 0 Å². The smallest absolute Gasteiger partial charge is 0.273 e. The van der Waals surface area contributed by atoms with E-state index in [9.17, 15) is 14.0 Å². The van der Waals surface area contributed by atoms with Gasteiger partial charge in [0.05, 0.1) is 25.3 Å². The van der Waals surface area contributed by atoms with Crippen LogP contribution in [-0.4, -0.2) is 60.4 Å². The fourth-order valence-electron chi connectivity index (χ4n) is 3.42. The summed E-state index contributed by atoms with van der Waals surface area (Å²) in [7, 11) is 0. The summed E-state index contributed by atoms with van der Waals surface area (Å²) in [5, 5.41) is 10.7. The fourth-order valence-corrected chi connectivity index (χ4v) is 3.42.